The topological polar surface area (TPSA) is 72.9 Å². The van der Waals surface area contributed by atoms with Crippen molar-refractivity contribution in [3.63, 3.8) is 0 Å². The third kappa shape index (κ3) is 5.29. The van der Waals surface area contributed by atoms with Gasteiger partial charge in [-0.1, -0.05) is 55.8 Å². The molecule has 1 heterocycles. The van der Waals surface area contributed by atoms with Crippen molar-refractivity contribution in [2.24, 2.45) is 0 Å². The van der Waals surface area contributed by atoms with E-state index in [1.165, 1.54) is 4.90 Å². The molecule has 0 bridgehead atoms. The van der Waals surface area contributed by atoms with Gasteiger partial charge in [-0.25, -0.2) is 0 Å². The molecular formula is C19H24BNO5. The summed E-state index contributed by atoms with van der Waals surface area (Å²) in [6.45, 7) is 1.89. The molecule has 0 aliphatic carbocycles. The highest BCUT2D eigenvalue weighted by Gasteiger charge is 2.51. The fraction of sp³-hybridized carbons (Fsp3) is 0.421. The number of nitrogens with zero attached hydrogens (tertiary/aromatic N) is 1. The summed E-state index contributed by atoms with van der Waals surface area (Å²) in [7, 11) is 0.416. The Morgan fingerprint density at radius 2 is 1.77 bits per heavy atom. The summed E-state index contributed by atoms with van der Waals surface area (Å²) >= 11 is 0. The largest absolute Gasteiger partial charge is 0.613 e. The van der Waals surface area contributed by atoms with Crippen LogP contribution in [-0.2, 0) is 23.7 Å². The molecule has 1 fully saturated rings. The lowest BCUT2D eigenvalue weighted by Gasteiger charge is -2.32. The van der Waals surface area contributed by atoms with Crippen molar-refractivity contribution in [1.82, 2.24) is 4.90 Å². The van der Waals surface area contributed by atoms with Crippen molar-refractivity contribution in [3.05, 3.63) is 42.0 Å². The predicted molar refractivity (Wildman–Crippen MR) is 99.2 cm³/mol. The Balaban J connectivity index is 2.22. The summed E-state index contributed by atoms with van der Waals surface area (Å²) in [6.07, 6.45) is 5.93. The zero-order valence-electron chi connectivity index (χ0n) is 15.2. The maximum Gasteiger partial charge on any atom is 0.613 e. The van der Waals surface area contributed by atoms with Crippen LogP contribution in [0.25, 0.3) is 6.08 Å². The molecule has 1 atom stereocenters. The molecule has 1 aliphatic heterocycles. The number of likely N-dealkylation sites (N-methyl/N-ethyl adjacent to an activating group) is 1. The van der Waals surface area contributed by atoms with Gasteiger partial charge in [-0.05, 0) is 25.5 Å². The fourth-order valence-corrected chi connectivity index (χ4v) is 2.99. The van der Waals surface area contributed by atoms with Crippen LogP contribution in [0.3, 0.4) is 0 Å². The SMILES string of the molecule is CCCC(C=O)(C/C=C/c1ccccc1)B1OC(=O)CN(C)CC(=O)O1. The molecule has 1 unspecified atom stereocenters. The zero-order valence-corrected chi connectivity index (χ0v) is 15.2. The van der Waals surface area contributed by atoms with Crippen LogP contribution >= 0.6 is 0 Å². The number of benzene rings is 1. The normalized spacial score (nSPS) is 18.6. The highest BCUT2D eigenvalue weighted by atomic mass is 16.6. The van der Waals surface area contributed by atoms with E-state index in [4.69, 9.17) is 9.31 Å². The van der Waals surface area contributed by atoms with Gasteiger partial charge < -0.3 is 14.1 Å². The lowest BCUT2D eigenvalue weighted by atomic mass is 9.54. The van der Waals surface area contributed by atoms with Crippen LogP contribution in [0.5, 0.6) is 0 Å². The molecule has 0 spiro atoms. The average Bonchev–Trinajstić information content (AvgIpc) is 2.60. The van der Waals surface area contributed by atoms with Crippen LogP contribution < -0.4 is 0 Å². The molecule has 2 rings (SSSR count). The fourth-order valence-electron chi connectivity index (χ4n) is 2.99. The molecule has 1 saturated heterocycles. The average molecular weight is 357 g/mol. The van der Waals surface area contributed by atoms with Gasteiger partial charge in [0.05, 0.1) is 18.4 Å². The van der Waals surface area contributed by atoms with E-state index in [2.05, 4.69) is 0 Å². The molecule has 1 aliphatic rings. The van der Waals surface area contributed by atoms with E-state index >= 15 is 0 Å². The number of carbonyl (C=O) groups excluding carboxylic acids is 3. The highest BCUT2D eigenvalue weighted by molar-refractivity contribution is 6.57. The van der Waals surface area contributed by atoms with Gasteiger partial charge in [0.2, 0.25) is 0 Å². The van der Waals surface area contributed by atoms with Crippen LogP contribution in [0, 0.1) is 0 Å². The van der Waals surface area contributed by atoms with Crippen molar-refractivity contribution < 1.29 is 23.7 Å². The number of aldehydes is 1. The highest BCUT2D eigenvalue weighted by Crippen LogP contribution is 2.39. The Bertz CT molecular complexity index is 643. The third-order valence-electron chi connectivity index (χ3n) is 4.30. The summed E-state index contributed by atoms with van der Waals surface area (Å²) in [5, 5.41) is -1.10. The first-order valence-electron chi connectivity index (χ1n) is 8.74. The molecule has 1 aromatic carbocycles. The Morgan fingerprint density at radius 3 is 2.31 bits per heavy atom. The van der Waals surface area contributed by atoms with E-state index in [0.717, 1.165) is 11.8 Å². The Hall–Kier alpha value is -2.41. The van der Waals surface area contributed by atoms with Gasteiger partial charge in [0.15, 0.2) is 0 Å². The van der Waals surface area contributed by atoms with E-state index in [9.17, 15) is 14.4 Å². The number of carbonyl (C=O) groups is 3. The number of hydrogen-bond donors (Lipinski definition) is 0. The quantitative estimate of drug-likeness (QED) is 0.551. The monoisotopic (exact) mass is 357 g/mol. The van der Waals surface area contributed by atoms with Gasteiger partial charge in [-0.2, -0.15) is 0 Å². The second-order valence-electron chi connectivity index (χ2n) is 6.60. The molecule has 0 radical (unpaired) electrons. The minimum absolute atomic E-state index is 0.0213. The second kappa shape index (κ2) is 9.34. The van der Waals surface area contributed by atoms with Gasteiger partial charge in [-0.3, -0.25) is 14.5 Å². The van der Waals surface area contributed by atoms with Crippen LogP contribution in [0.15, 0.2) is 36.4 Å². The first kappa shape index (κ1) is 19.9. The van der Waals surface area contributed by atoms with Gasteiger partial charge in [0.25, 0.3) is 0 Å². The standard InChI is InChI=1S/C19H24BNO5/c1-3-11-19(15-22,12-7-10-16-8-5-4-6-9-16)20-25-17(23)13-21(2)14-18(24)26-20/h4-10,15H,3,11-14H2,1-2H3/b10-7+. The van der Waals surface area contributed by atoms with Crippen molar-refractivity contribution in [1.29, 1.82) is 0 Å². The lowest BCUT2D eigenvalue weighted by Crippen LogP contribution is -2.48. The van der Waals surface area contributed by atoms with Crippen LogP contribution in [0.1, 0.15) is 31.7 Å². The Labute approximate surface area is 154 Å². The van der Waals surface area contributed by atoms with Crippen molar-refractivity contribution in [2.45, 2.75) is 31.5 Å². The van der Waals surface area contributed by atoms with E-state index in [1.807, 2.05) is 49.4 Å². The summed E-state index contributed by atoms with van der Waals surface area (Å²) in [6, 6.07) is 9.67. The summed E-state index contributed by atoms with van der Waals surface area (Å²) in [4.78, 5) is 37.6. The predicted octanol–water partition coefficient (Wildman–Crippen LogP) is 2.35. The number of hydrogen-bond acceptors (Lipinski definition) is 6. The molecule has 0 saturated carbocycles. The lowest BCUT2D eigenvalue weighted by molar-refractivity contribution is -0.146. The first-order valence-corrected chi connectivity index (χ1v) is 8.74. The van der Waals surface area contributed by atoms with Crippen molar-refractivity contribution >= 4 is 31.4 Å². The van der Waals surface area contributed by atoms with Gasteiger partial charge >= 0.3 is 19.1 Å². The van der Waals surface area contributed by atoms with E-state index in [-0.39, 0.29) is 13.1 Å². The van der Waals surface area contributed by atoms with Crippen LogP contribution in [-0.4, -0.2) is 50.4 Å². The second-order valence-corrected chi connectivity index (χ2v) is 6.60. The molecule has 26 heavy (non-hydrogen) atoms. The van der Waals surface area contributed by atoms with Crippen LogP contribution in [0.2, 0.25) is 5.31 Å². The minimum Gasteiger partial charge on any atom is -0.498 e. The third-order valence-corrected chi connectivity index (χ3v) is 4.30. The first-order chi connectivity index (χ1) is 12.5. The molecule has 7 heteroatoms. The van der Waals surface area contributed by atoms with E-state index in [1.54, 1.807) is 7.05 Å². The number of allylic oxidation sites excluding steroid dienone is 1. The van der Waals surface area contributed by atoms with Gasteiger partial charge in [-0.15, -0.1) is 0 Å². The smallest absolute Gasteiger partial charge is 0.498 e. The molecule has 0 amide bonds. The summed E-state index contributed by atoms with van der Waals surface area (Å²) in [5.74, 6) is -1.03. The molecule has 0 aromatic heterocycles. The molecular weight excluding hydrogens is 333 g/mol. The van der Waals surface area contributed by atoms with Gasteiger partial charge in [0, 0.05) is 0 Å². The molecule has 6 nitrogen and oxygen atoms in total. The van der Waals surface area contributed by atoms with Crippen molar-refractivity contribution in [3.8, 4) is 0 Å². The molecule has 138 valence electrons. The zero-order chi connectivity index (χ0) is 19.0. The maximum absolute atomic E-state index is 12.0. The molecule has 1 aromatic rings. The van der Waals surface area contributed by atoms with Gasteiger partial charge in [0.1, 0.15) is 6.29 Å². The Morgan fingerprint density at radius 1 is 1.15 bits per heavy atom. The van der Waals surface area contributed by atoms with E-state index < -0.39 is 24.4 Å². The summed E-state index contributed by atoms with van der Waals surface area (Å²) in [5.41, 5.74) is 0.997. The van der Waals surface area contributed by atoms with Crippen molar-refractivity contribution in [2.75, 3.05) is 20.1 Å². The Kier molecular flexibility index (Phi) is 7.15. The summed E-state index contributed by atoms with van der Waals surface area (Å²) < 4.78 is 10.7. The van der Waals surface area contributed by atoms with Crippen LogP contribution in [0.4, 0.5) is 0 Å². The number of rotatable bonds is 7. The minimum atomic E-state index is -1.21. The molecule has 0 N–H and O–H groups in total. The van der Waals surface area contributed by atoms with E-state index in [0.29, 0.717) is 19.3 Å². The maximum atomic E-state index is 12.0.